The lowest BCUT2D eigenvalue weighted by Crippen LogP contribution is -2.30. The fourth-order valence-electron chi connectivity index (χ4n) is 1.99. The predicted octanol–water partition coefficient (Wildman–Crippen LogP) is 2.21. The number of ether oxygens (including phenoxy) is 1. The van der Waals surface area contributed by atoms with Crippen LogP contribution in [-0.2, 0) is 4.79 Å². The minimum absolute atomic E-state index is 0.0401. The zero-order valence-electron chi connectivity index (χ0n) is 12.6. The summed E-state index contributed by atoms with van der Waals surface area (Å²) in [6.45, 7) is 6.86. The maximum absolute atomic E-state index is 11.6. The highest BCUT2D eigenvalue weighted by molar-refractivity contribution is 5.77. The van der Waals surface area contributed by atoms with Crippen molar-refractivity contribution in [1.82, 2.24) is 5.32 Å². The number of carbonyl (C=O) groups is 1. The molecule has 1 rings (SSSR count). The zero-order valence-corrected chi connectivity index (χ0v) is 12.6. The number of nitrogens with one attached hydrogen (secondary N) is 1. The summed E-state index contributed by atoms with van der Waals surface area (Å²) in [4.78, 5) is 11.6. The molecule has 0 bridgehead atoms. The highest BCUT2D eigenvalue weighted by atomic mass is 16.5. The van der Waals surface area contributed by atoms with E-state index < -0.39 is 0 Å². The third-order valence-electron chi connectivity index (χ3n) is 3.07. The molecule has 0 aliphatic heterocycles. The number of benzene rings is 1. The Kier molecular flexibility index (Phi) is 7.09. The van der Waals surface area contributed by atoms with Crippen molar-refractivity contribution in [3.63, 3.8) is 0 Å². The Morgan fingerprint density at radius 3 is 2.55 bits per heavy atom. The van der Waals surface area contributed by atoms with Crippen LogP contribution in [0.4, 0.5) is 0 Å². The van der Waals surface area contributed by atoms with Gasteiger partial charge in [0.2, 0.25) is 0 Å². The van der Waals surface area contributed by atoms with Gasteiger partial charge in [-0.15, -0.1) is 0 Å². The Hall–Kier alpha value is -1.55. The molecule has 1 unspecified atom stereocenters. The molecule has 112 valence electrons. The highest BCUT2D eigenvalue weighted by Crippen LogP contribution is 2.15. The van der Waals surface area contributed by atoms with Gasteiger partial charge >= 0.3 is 0 Å². The number of hydrogen-bond donors (Lipinski definition) is 2. The van der Waals surface area contributed by atoms with Gasteiger partial charge in [-0.3, -0.25) is 4.79 Å². The molecule has 4 nitrogen and oxygen atoms in total. The van der Waals surface area contributed by atoms with Gasteiger partial charge in [-0.2, -0.15) is 0 Å². The van der Waals surface area contributed by atoms with E-state index >= 15 is 0 Å². The van der Waals surface area contributed by atoms with E-state index in [4.69, 9.17) is 9.84 Å². The first kappa shape index (κ1) is 16.5. The summed E-state index contributed by atoms with van der Waals surface area (Å²) in [6, 6.07) is 5.90. The molecule has 1 amide bonds. The van der Waals surface area contributed by atoms with Gasteiger partial charge in [-0.05, 0) is 55.9 Å². The summed E-state index contributed by atoms with van der Waals surface area (Å²) >= 11 is 0. The van der Waals surface area contributed by atoms with Crippen LogP contribution in [0.25, 0.3) is 0 Å². The van der Waals surface area contributed by atoms with Crippen molar-refractivity contribution in [3.8, 4) is 5.75 Å². The van der Waals surface area contributed by atoms with Crippen molar-refractivity contribution < 1.29 is 14.6 Å². The van der Waals surface area contributed by atoms with E-state index in [1.807, 2.05) is 32.9 Å². The Labute approximate surface area is 121 Å². The van der Waals surface area contributed by atoms with Crippen molar-refractivity contribution in [2.75, 3.05) is 19.8 Å². The topological polar surface area (TPSA) is 58.6 Å². The SMILES string of the molecule is Cc1cc(C)cc(OCC(=O)NCCCC(C)CO)c1. The number of amides is 1. The first-order valence-corrected chi connectivity index (χ1v) is 7.10. The molecule has 0 spiro atoms. The molecule has 4 heteroatoms. The fourth-order valence-corrected chi connectivity index (χ4v) is 1.99. The van der Waals surface area contributed by atoms with E-state index in [0.29, 0.717) is 12.5 Å². The van der Waals surface area contributed by atoms with Gasteiger partial charge in [0.15, 0.2) is 6.61 Å². The summed E-state index contributed by atoms with van der Waals surface area (Å²) in [5, 5.41) is 11.7. The average Bonchev–Trinajstić information content (AvgIpc) is 2.40. The van der Waals surface area contributed by atoms with E-state index in [1.165, 1.54) is 0 Å². The van der Waals surface area contributed by atoms with E-state index in [9.17, 15) is 4.79 Å². The highest BCUT2D eigenvalue weighted by Gasteiger charge is 2.04. The van der Waals surface area contributed by atoms with Gasteiger partial charge in [0.25, 0.3) is 5.91 Å². The molecule has 1 aromatic rings. The van der Waals surface area contributed by atoms with Crippen molar-refractivity contribution in [2.24, 2.45) is 5.92 Å². The zero-order chi connectivity index (χ0) is 15.0. The summed E-state index contributed by atoms with van der Waals surface area (Å²) < 4.78 is 5.48. The average molecular weight is 279 g/mol. The first-order chi connectivity index (χ1) is 9.51. The number of aliphatic hydroxyl groups excluding tert-OH is 1. The van der Waals surface area contributed by atoms with Crippen molar-refractivity contribution >= 4 is 5.91 Å². The molecule has 0 aromatic heterocycles. The predicted molar refractivity (Wildman–Crippen MR) is 79.9 cm³/mol. The van der Waals surface area contributed by atoms with Crippen LogP contribution in [0.5, 0.6) is 5.75 Å². The molecule has 0 aliphatic rings. The van der Waals surface area contributed by atoms with Gasteiger partial charge in [-0.1, -0.05) is 13.0 Å². The number of hydrogen-bond acceptors (Lipinski definition) is 3. The number of aliphatic hydroxyl groups is 1. The van der Waals surface area contributed by atoms with Crippen LogP contribution in [0.15, 0.2) is 18.2 Å². The van der Waals surface area contributed by atoms with Crippen molar-refractivity contribution in [3.05, 3.63) is 29.3 Å². The standard InChI is InChI=1S/C16H25NO3/c1-12(10-18)5-4-6-17-16(19)11-20-15-8-13(2)7-14(3)9-15/h7-9,12,18H,4-6,10-11H2,1-3H3,(H,17,19). The maximum atomic E-state index is 11.6. The number of rotatable bonds is 8. The lowest BCUT2D eigenvalue weighted by Gasteiger charge is -2.10. The van der Waals surface area contributed by atoms with E-state index in [-0.39, 0.29) is 19.1 Å². The van der Waals surface area contributed by atoms with E-state index in [1.54, 1.807) is 0 Å². The lowest BCUT2D eigenvalue weighted by molar-refractivity contribution is -0.123. The molecule has 20 heavy (non-hydrogen) atoms. The van der Waals surface area contributed by atoms with E-state index in [2.05, 4.69) is 11.4 Å². The van der Waals surface area contributed by atoms with Crippen molar-refractivity contribution in [1.29, 1.82) is 0 Å². The molecule has 0 saturated carbocycles. The molecule has 1 aromatic carbocycles. The van der Waals surface area contributed by atoms with Crippen LogP contribution in [0.2, 0.25) is 0 Å². The summed E-state index contributed by atoms with van der Waals surface area (Å²) in [7, 11) is 0. The van der Waals surface area contributed by atoms with Crippen LogP contribution >= 0.6 is 0 Å². The minimum Gasteiger partial charge on any atom is -0.484 e. The van der Waals surface area contributed by atoms with Gasteiger partial charge in [0, 0.05) is 13.2 Å². The molecule has 2 N–H and O–H groups in total. The van der Waals surface area contributed by atoms with Gasteiger partial charge in [0.1, 0.15) is 5.75 Å². The molecule has 0 aliphatic carbocycles. The maximum Gasteiger partial charge on any atom is 0.257 e. The van der Waals surface area contributed by atoms with Crippen LogP contribution in [0.3, 0.4) is 0 Å². The lowest BCUT2D eigenvalue weighted by atomic mass is 10.1. The fraction of sp³-hybridized carbons (Fsp3) is 0.562. The summed E-state index contributed by atoms with van der Waals surface area (Å²) in [6.07, 6.45) is 1.78. The Morgan fingerprint density at radius 1 is 1.30 bits per heavy atom. The van der Waals surface area contributed by atoms with E-state index in [0.717, 1.165) is 29.7 Å². The summed E-state index contributed by atoms with van der Waals surface area (Å²) in [5.74, 6) is 0.908. The largest absolute Gasteiger partial charge is 0.484 e. The van der Waals surface area contributed by atoms with Crippen LogP contribution in [0.1, 0.15) is 30.9 Å². The third-order valence-corrected chi connectivity index (χ3v) is 3.07. The second-order valence-electron chi connectivity index (χ2n) is 5.39. The van der Waals surface area contributed by atoms with Crippen LogP contribution in [-0.4, -0.2) is 30.8 Å². The van der Waals surface area contributed by atoms with Crippen LogP contribution < -0.4 is 10.1 Å². The second kappa shape index (κ2) is 8.59. The molecule has 0 radical (unpaired) electrons. The molecule has 0 heterocycles. The minimum atomic E-state index is -0.110. The molecular weight excluding hydrogens is 254 g/mol. The molecule has 1 atom stereocenters. The quantitative estimate of drug-likeness (QED) is 0.717. The molecule has 0 fully saturated rings. The van der Waals surface area contributed by atoms with Gasteiger partial charge in [-0.25, -0.2) is 0 Å². The summed E-state index contributed by atoms with van der Waals surface area (Å²) in [5.41, 5.74) is 2.25. The molecule has 0 saturated heterocycles. The Balaban J connectivity index is 2.22. The first-order valence-electron chi connectivity index (χ1n) is 7.10. The van der Waals surface area contributed by atoms with Crippen molar-refractivity contribution in [2.45, 2.75) is 33.6 Å². The molecular formula is C16H25NO3. The smallest absolute Gasteiger partial charge is 0.257 e. The number of aryl methyl sites for hydroxylation is 2. The van der Waals surface area contributed by atoms with Gasteiger partial charge in [0.05, 0.1) is 0 Å². The second-order valence-corrected chi connectivity index (χ2v) is 5.39. The number of carbonyl (C=O) groups excluding carboxylic acids is 1. The Bertz CT molecular complexity index is 411. The monoisotopic (exact) mass is 279 g/mol. The normalized spacial score (nSPS) is 12.0. The Morgan fingerprint density at radius 2 is 1.95 bits per heavy atom. The third kappa shape index (κ3) is 6.57. The van der Waals surface area contributed by atoms with Gasteiger partial charge < -0.3 is 15.2 Å². The van der Waals surface area contributed by atoms with Crippen LogP contribution in [0, 0.1) is 19.8 Å².